The SMILES string of the molecule is Cc1ccc(Br)cc1Nc1c(N)cccc1Cl. The van der Waals surface area contributed by atoms with Crippen molar-refractivity contribution >= 4 is 44.6 Å². The summed E-state index contributed by atoms with van der Waals surface area (Å²) in [6.45, 7) is 2.03. The van der Waals surface area contributed by atoms with E-state index >= 15 is 0 Å². The Labute approximate surface area is 114 Å². The van der Waals surface area contributed by atoms with Crippen molar-refractivity contribution in [1.82, 2.24) is 0 Å². The first-order valence-electron chi connectivity index (χ1n) is 5.15. The molecule has 2 nitrogen and oxygen atoms in total. The molecule has 0 spiro atoms. The molecule has 3 N–H and O–H groups in total. The molecule has 0 aliphatic carbocycles. The van der Waals surface area contributed by atoms with Gasteiger partial charge in [0.2, 0.25) is 0 Å². The number of nitrogens with two attached hydrogens (primary N) is 1. The van der Waals surface area contributed by atoms with Crippen LogP contribution in [0.1, 0.15) is 5.56 Å². The van der Waals surface area contributed by atoms with Crippen molar-refractivity contribution in [1.29, 1.82) is 0 Å². The lowest BCUT2D eigenvalue weighted by Crippen LogP contribution is -1.98. The quantitative estimate of drug-likeness (QED) is 0.786. The van der Waals surface area contributed by atoms with Gasteiger partial charge in [-0.15, -0.1) is 0 Å². The first kappa shape index (κ1) is 12.3. The van der Waals surface area contributed by atoms with Crippen molar-refractivity contribution in [3.63, 3.8) is 0 Å². The molecule has 0 saturated heterocycles. The standard InChI is InChI=1S/C13H12BrClN2/c1-8-5-6-9(14)7-12(8)17-13-10(15)3-2-4-11(13)16/h2-7,17H,16H2,1H3. The predicted octanol–water partition coefficient (Wildman–Crippen LogP) is 4.74. The van der Waals surface area contributed by atoms with Crippen LogP contribution in [-0.4, -0.2) is 0 Å². The van der Waals surface area contributed by atoms with Gasteiger partial charge in [0.15, 0.2) is 0 Å². The van der Waals surface area contributed by atoms with Crippen molar-refractivity contribution in [3.05, 3.63) is 51.5 Å². The lowest BCUT2D eigenvalue weighted by Gasteiger charge is -2.13. The van der Waals surface area contributed by atoms with Gasteiger partial charge in [0.1, 0.15) is 0 Å². The van der Waals surface area contributed by atoms with E-state index in [1.54, 1.807) is 0 Å². The molecule has 0 bridgehead atoms. The van der Waals surface area contributed by atoms with E-state index in [-0.39, 0.29) is 0 Å². The average Bonchev–Trinajstić information content (AvgIpc) is 2.28. The van der Waals surface area contributed by atoms with Gasteiger partial charge in [0.05, 0.1) is 16.4 Å². The second kappa shape index (κ2) is 4.98. The molecule has 0 fully saturated rings. The summed E-state index contributed by atoms with van der Waals surface area (Å²) in [6.07, 6.45) is 0. The summed E-state index contributed by atoms with van der Waals surface area (Å²) >= 11 is 9.56. The Morgan fingerprint density at radius 3 is 2.71 bits per heavy atom. The number of halogens is 2. The minimum absolute atomic E-state index is 0.615. The summed E-state index contributed by atoms with van der Waals surface area (Å²) in [4.78, 5) is 0. The normalized spacial score (nSPS) is 10.3. The molecule has 0 saturated carbocycles. The largest absolute Gasteiger partial charge is 0.397 e. The lowest BCUT2D eigenvalue weighted by molar-refractivity contribution is 1.42. The first-order valence-corrected chi connectivity index (χ1v) is 6.32. The van der Waals surface area contributed by atoms with Gasteiger partial charge < -0.3 is 11.1 Å². The summed E-state index contributed by atoms with van der Waals surface area (Å²) in [6, 6.07) is 11.5. The summed E-state index contributed by atoms with van der Waals surface area (Å²) in [5, 5.41) is 3.88. The number of aryl methyl sites for hydroxylation is 1. The number of nitrogens with one attached hydrogen (secondary N) is 1. The van der Waals surface area contributed by atoms with E-state index in [0.29, 0.717) is 10.7 Å². The Bertz CT molecular complexity index is 535. The highest BCUT2D eigenvalue weighted by Crippen LogP contribution is 2.32. The number of hydrogen-bond acceptors (Lipinski definition) is 2. The van der Waals surface area contributed by atoms with Gasteiger partial charge in [-0.3, -0.25) is 0 Å². The Morgan fingerprint density at radius 1 is 1.24 bits per heavy atom. The van der Waals surface area contributed by atoms with Crippen LogP contribution in [-0.2, 0) is 0 Å². The number of nitrogen functional groups attached to an aromatic ring is 1. The fourth-order valence-corrected chi connectivity index (χ4v) is 2.13. The first-order chi connectivity index (χ1) is 8.08. The third-order valence-corrected chi connectivity index (χ3v) is 3.31. The maximum Gasteiger partial charge on any atom is 0.0807 e. The minimum Gasteiger partial charge on any atom is -0.397 e. The highest BCUT2D eigenvalue weighted by Gasteiger charge is 2.06. The highest BCUT2D eigenvalue weighted by atomic mass is 79.9. The molecule has 2 aromatic rings. The van der Waals surface area contributed by atoms with Crippen LogP contribution >= 0.6 is 27.5 Å². The van der Waals surface area contributed by atoms with Gasteiger partial charge in [-0.05, 0) is 36.8 Å². The lowest BCUT2D eigenvalue weighted by atomic mass is 10.2. The third-order valence-electron chi connectivity index (χ3n) is 2.51. The molecular formula is C13H12BrClN2. The molecule has 0 radical (unpaired) electrons. The predicted molar refractivity (Wildman–Crippen MR) is 78.0 cm³/mol. The van der Waals surface area contributed by atoms with E-state index in [9.17, 15) is 0 Å². The molecule has 17 heavy (non-hydrogen) atoms. The number of para-hydroxylation sites is 1. The topological polar surface area (TPSA) is 38.0 Å². The van der Waals surface area contributed by atoms with Gasteiger partial charge in [-0.2, -0.15) is 0 Å². The van der Waals surface area contributed by atoms with Crippen LogP contribution < -0.4 is 11.1 Å². The zero-order valence-corrected chi connectivity index (χ0v) is 11.6. The van der Waals surface area contributed by atoms with E-state index in [0.717, 1.165) is 21.4 Å². The number of benzene rings is 2. The minimum atomic E-state index is 0.615. The third kappa shape index (κ3) is 2.73. The van der Waals surface area contributed by atoms with Crippen molar-refractivity contribution in [2.24, 2.45) is 0 Å². The van der Waals surface area contributed by atoms with Crippen molar-refractivity contribution in [2.75, 3.05) is 11.1 Å². The van der Waals surface area contributed by atoms with Crippen LogP contribution in [0.3, 0.4) is 0 Å². The van der Waals surface area contributed by atoms with Crippen molar-refractivity contribution < 1.29 is 0 Å². The zero-order chi connectivity index (χ0) is 12.4. The van der Waals surface area contributed by atoms with E-state index in [1.807, 2.05) is 43.3 Å². The van der Waals surface area contributed by atoms with Crippen molar-refractivity contribution in [2.45, 2.75) is 6.92 Å². The Hall–Kier alpha value is -1.19. The molecule has 0 unspecified atom stereocenters. The molecule has 88 valence electrons. The molecule has 2 rings (SSSR count). The highest BCUT2D eigenvalue weighted by molar-refractivity contribution is 9.10. The smallest absolute Gasteiger partial charge is 0.0807 e. The molecule has 0 amide bonds. The van der Waals surface area contributed by atoms with Crippen molar-refractivity contribution in [3.8, 4) is 0 Å². The molecule has 0 atom stereocenters. The maximum absolute atomic E-state index is 6.12. The fourth-order valence-electron chi connectivity index (χ4n) is 1.54. The van der Waals surface area contributed by atoms with Gasteiger partial charge in [-0.1, -0.05) is 39.7 Å². The van der Waals surface area contributed by atoms with Crippen LogP contribution in [0.15, 0.2) is 40.9 Å². The van der Waals surface area contributed by atoms with Gasteiger partial charge in [0.25, 0.3) is 0 Å². The Balaban J connectivity index is 2.41. The average molecular weight is 312 g/mol. The number of hydrogen-bond donors (Lipinski definition) is 2. The van der Waals surface area contributed by atoms with Crippen LogP contribution in [0.5, 0.6) is 0 Å². The van der Waals surface area contributed by atoms with Crippen LogP contribution in [0.4, 0.5) is 17.1 Å². The zero-order valence-electron chi connectivity index (χ0n) is 9.30. The maximum atomic E-state index is 6.12. The summed E-state index contributed by atoms with van der Waals surface area (Å²) in [7, 11) is 0. The molecule has 2 aromatic carbocycles. The van der Waals surface area contributed by atoms with Gasteiger partial charge in [-0.25, -0.2) is 0 Å². The molecule has 0 aliphatic heterocycles. The molecule has 4 heteroatoms. The number of anilines is 3. The molecule has 0 heterocycles. The molecule has 0 aliphatic rings. The molecular weight excluding hydrogens is 300 g/mol. The van der Waals surface area contributed by atoms with Gasteiger partial charge >= 0.3 is 0 Å². The van der Waals surface area contributed by atoms with Gasteiger partial charge in [0, 0.05) is 10.2 Å². The Morgan fingerprint density at radius 2 is 2.00 bits per heavy atom. The summed E-state index contributed by atoms with van der Waals surface area (Å²) in [5.74, 6) is 0. The summed E-state index contributed by atoms with van der Waals surface area (Å²) in [5.41, 5.74) is 9.40. The van der Waals surface area contributed by atoms with E-state index < -0.39 is 0 Å². The Kier molecular flexibility index (Phi) is 3.60. The van der Waals surface area contributed by atoms with Crippen LogP contribution in [0, 0.1) is 6.92 Å². The monoisotopic (exact) mass is 310 g/mol. The summed E-state index contributed by atoms with van der Waals surface area (Å²) < 4.78 is 1.01. The van der Waals surface area contributed by atoms with E-state index in [1.165, 1.54) is 0 Å². The van der Waals surface area contributed by atoms with Crippen LogP contribution in [0.2, 0.25) is 5.02 Å². The number of rotatable bonds is 2. The second-order valence-electron chi connectivity index (χ2n) is 3.79. The fraction of sp³-hybridized carbons (Fsp3) is 0.0769. The van der Waals surface area contributed by atoms with Crippen LogP contribution in [0.25, 0.3) is 0 Å². The second-order valence-corrected chi connectivity index (χ2v) is 5.11. The van der Waals surface area contributed by atoms with E-state index in [2.05, 4.69) is 21.2 Å². The van der Waals surface area contributed by atoms with E-state index in [4.69, 9.17) is 17.3 Å². The molecule has 0 aromatic heterocycles.